The molecule has 20 nitrogen and oxygen atoms in total. The van der Waals surface area contributed by atoms with Crippen molar-refractivity contribution in [2.75, 3.05) is 73.2 Å². The summed E-state index contributed by atoms with van der Waals surface area (Å²) in [6, 6.07) is 0. The molecule has 2 aromatic rings. The summed E-state index contributed by atoms with van der Waals surface area (Å²) in [4.78, 5) is 91.7. The highest BCUT2D eigenvalue weighted by Crippen LogP contribution is 2.43. The summed E-state index contributed by atoms with van der Waals surface area (Å²) in [5.74, 6) is -5.99. The third kappa shape index (κ3) is 15.7. The molecule has 0 aromatic heterocycles. The van der Waals surface area contributed by atoms with Crippen LogP contribution in [-0.4, -0.2) is 133 Å². The summed E-state index contributed by atoms with van der Waals surface area (Å²) in [5, 5.41) is 44.5. The van der Waals surface area contributed by atoms with Crippen molar-refractivity contribution in [3.63, 3.8) is 0 Å². The average molecular weight is 1560 g/mol. The van der Waals surface area contributed by atoms with Crippen LogP contribution in [0, 0.1) is 21.4 Å². The van der Waals surface area contributed by atoms with Crippen molar-refractivity contribution in [2.45, 2.75) is 65.1 Å². The number of benzene rings is 2. The molecule has 0 bridgehead atoms. The number of aliphatic hydroxyl groups excluding tert-OH is 4. The number of aliphatic hydroxyl groups is 4. The molecule has 26 heteroatoms. The summed E-state index contributed by atoms with van der Waals surface area (Å²) < 4.78 is 29.9. The van der Waals surface area contributed by atoms with E-state index in [9.17, 15) is 54.0 Å². The number of ether oxygens (including phenoxy) is 5. The first-order chi connectivity index (χ1) is 29.5. The smallest absolute Gasteiger partial charge is 0.306 e. The Bertz CT molecular complexity index is 2110. The first-order valence-corrected chi connectivity index (χ1v) is 24.8. The molecule has 6 N–H and O–H groups in total. The number of nitrogens with one attached hydrogen (secondary N) is 2. The van der Waals surface area contributed by atoms with Gasteiger partial charge in [-0.1, -0.05) is 0 Å². The maximum Gasteiger partial charge on any atom is 0.306 e. The SMILES string of the molecule is CC(=O)OCC(=O)Nc1c(I)c(CCC(=O)OCc2c(I)c(NC(=O)CO)c(I)c(N(CC(O)CO)C(=O)CO)c2I)c(I)c(N(CC2COC(C)(C)O2)C(=O)COC(C)=O)c1I. The number of halogens is 6. The zero-order valence-electron chi connectivity index (χ0n) is 33.8. The van der Waals surface area contributed by atoms with E-state index >= 15 is 0 Å². The van der Waals surface area contributed by atoms with Gasteiger partial charge in [-0.05, 0) is 161 Å². The van der Waals surface area contributed by atoms with Crippen LogP contribution in [0.5, 0.6) is 0 Å². The Labute approximate surface area is 443 Å². The van der Waals surface area contributed by atoms with E-state index in [2.05, 4.69) is 10.6 Å². The molecule has 0 aliphatic carbocycles. The highest BCUT2D eigenvalue weighted by atomic mass is 127. The number of amides is 4. The number of esters is 3. The molecule has 1 saturated heterocycles. The lowest BCUT2D eigenvalue weighted by atomic mass is 10.1. The van der Waals surface area contributed by atoms with Crippen molar-refractivity contribution in [3.8, 4) is 0 Å². The molecular formula is C37H42I6N4O16. The lowest BCUT2D eigenvalue weighted by molar-refractivity contribution is -0.146. The second-order valence-corrected chi connectivity index (χ2v) is 20.2. The topological polar surface area (TPSA) is 277 Å². The molecule has 0 saturated carbocycles. The van der Waals surface area contributed by atoms with E-state index in [1.807, 2.05) is 136 Å². The van der Waals surface area contributed by atoms with Crippen molar-refractivity contribution < 1.29 is 77.7 Å². The van der Waals surface area contributed by atoms with Crippen LogP contribution in [0.15, 0.2) is 0 Å². The molecule has 63 heavy (non-hydrogen) atoms. The fraction of sp³-hybridized carbons (Fsp3) is 0.486. The lowest BCUT2D eigenvalue weighted by Gasteiger charge is -2.30. The molecule has 3 rings (SSSR count). The van der Waals surface area contributed by atoms with Crippen LogP contribution in [0.25, 0.3) is 0 Å². The van der Waals surface area contributed by atoms with E-state index in [0.717, 1.165) is 18.7 Å². The summed E-state index contributed by atoms with van der Waals surface area (Å²) in [6.45, 7) is 1.17. The fourth-order valence-electron chi connectivity index (χ4n) is 5.70. The van der Waals surface area contributed by atoms with Crippen LogP contribution in [0.4, 0.5) is 22.7 Å². The normalized spacial score (nSPS) is 14.7. The molecule has 348 valence electrons. The molecule has 1 aliphatic heterocycles. The van der Waals surface area contributed by atoms with Gasteiger partial charge < -0.3 is 64.5 Å². The van der Waals surface area contributed by atoms with Crippen molar-refractivity contribution in [1.29, 1.82) is 0 Å². The third-order valence-corrected chi connectivity index (χ3v) is 15.3. The molecule has 1 fully saturated rings. The summed E-state index contributed by atoms with van der Waals surface area (Å²) in [5.41, 5.74) is 1.65. The van der Waals surface area contributed by atoms with E-state index in [-0.39, 0.29) is 46.6 Å². The zero-order chi connectivity index (χ0) is 47.5. The second-order valence-electron chi connectivity index (χ2n) is 13.7. The molecule has 1 aliphatic rings. The highest BCUT2D eigenvalue weighted by Gasteiger charge is 2.37. The van der Waals surface area contributed by atoms with Crippen molar-refractivity contribution in [1.82, 2.24) is 0 Å². The van der Waals surface area contributed by atoms with Crippen LogP contribution in [0.1, 0.15) is 45.2 Å². The minimum Gasteiger partial charge on any atom is -0.461 e. The molecule has 4 amide bonds. The molecular weight excluding hydrogens is 1520 g/mol. The Morgan fingerprint density at radius 3 is 1.79 bits per heavy atom. The van der Waals surface area contributed by atoms with E-state index in [0.29, 0.717) is 34.7 Å². The number of carbonyl (C=O) groups is 7. The molecule has 1 heterocycles. The summed E-state index contributed by atoms with van der Waals surface area (Å²) >= 11 is 11.7. The second kappa shape index (κ2) is 25.9. The summed E-state index contributed by atoms with van der Waals surface area (Å²) in [7, 11) is 0. The Morgan fingerprint density at radius 1 is 0.730 bits per heavy atom. The van der Waals surface area contributed by atoms with Gasteiger partial charge >= 0.3 is 17.9 Å². The van der Waals surface area contributed by atoms with E-state index in [1.54, 1.807) is 13.8 Å². The minimum atomic E-state index is -1.41. The molecule has 2 unspecified atom stereocenters. The van der Waals surface area contributed by atoms with Crippen LogP contribution in [-0.2, 0) is 70.3 Å². The van der Waals surface area contributed by atoms with Gasteiger partial charge in [0, 0.05) is 40.1 Å². The number of carbonyl (C=O) groups excluding carboxylic acids is 7. The predicted molar refractivity (Wildman–Crippen MR) is 275 cm³/mol. The lowest BCUT2D eigenvalue weighted by Crippen LogP contribution is -2.42. The highest BCUT2D eigenvalue weighted by molar-refractivity contribution is 14.1. The van der Waals surface area contributed by atoms with Gasteiger partial charge in [0.15, 0.2) is 19.0 Å². The Balaban J connectivity index is 2.11. The number of nitrogens with zero attached hydrogens (tertiary/aromatic N) is 2. The van der Waals surface area contributed by atoms with Gasteiger partial charge in [-0.15, -0.1) is 0 Å². The molecule has 0 spiro atoms. The van der Waals surface area contributed by atoms with Crippen molar-refractivity contribution in [2.24, 2.45) is 0 Å². The Hall–Kier alpha value is -1.13. The van der Waals surface area contributed by atoms with Crippen molar-refractivity contribution in [3.05, 3.63) is 32.5 Å². The zero-order valence-corrected chi connectivity index (χ0v) is 46.7. The largest absolute Gasteiger partial charge is 0.461 e. The van der Waals surface area contributed by atoms with Gasteiger partial charge in [-0.3, -0.25) is 33.6 Å². The van der Waals surface area contributed by atoms with Crippen LogP contribution in [0.2, 0.25) is 0 Å². The van der Waals surface area contributed by atoms with Gasteiger partial charge in [0.05, 0.1) is 62.3 Å². The van der Waals surface area contributed by atoms with Gasteiger partial charge in [0.2, 0.25) is 5.91 Å². The Kier molecular flexibility index (Phi) is 23.1. The molecule has 2 atom stereocenters. The number of anilines is 4. The van der Waals surface area contributed by atoms with Gasteiger partial charge in [-0.2, -0.15) is 0 Å². The van der Waals surface area contributed by atoms with Crippen molar-refractivity contribution >= 4 is 200 Å². The van der Waals surface area contributed by atoms with E-state index in [4.69, 9.17) is 23.7 Å². The van der Waals surface area contributed by atoms with Crippen LogP contribution < -0.4 is 20.4 Å². The van der Waals surface area contributed by atoms with Crippen LogP contribution >= 0.6 is 136 Å². The molecule has 0 radical (unpaired) electrons. The Morgan fingerprint density at radius 2 is 1.27 bits per heavy atom. The number of rotatable bonds is 20. The van der Waals surface area contributed by atoms with E-state index in [1.165, 1.54) is 4.90 Å². The number of hydrogen-bond acceptors (Lipinski definition) is 16. The predicted octanol–water partition coefficient (Wildman–Crippen LogP) is 3.15. The summed E-state index contributed by atoms with van der Waals surface area (Å²) in [6.07, 6.45) is -2.28. The first-order valence-electron chi connectivity index (χ1n) is 18.3. The monoisotopic (exact) mass is 1560 g/mol. The van der Waals surface area contributed by atoms with Gasteiger partial charge in [0.1, 0.15) is 25.9 Å². The fourth-order valence-corrected chi connectivity index (χ4v) is 14.6. The molecule has 2 aromatic carbocycles. The maximum absolute atomic E-state index is 13.9. The third-order valence-electron chi connectivity index (χ3n) is 8.54. The van der Waals surface area contributed by atoms with Gasteiger partial charge in [0.25, 0.3) is 17.7 Å². The van der Waals surface area contributed by atoms with Crippen LogP contribution in [0.3, 0.4) is 0 Å². The maximum atomic E-state index is 13.9. The minimum absolute atomic E-state index is 0.00405. The first kappa shape index (κ1) is 56.2. The quantitative estimate of drug-likeness (QED) is 0.0631. The van der Waals surface area contributed by atoms with E-state index < -0.39 is 106 Å². The number of hydrogen-bond donors (Lipinski definition) is 6. The standard InChI is InChI=1S/C37H42I6N4O16/c1-16(51)59-14-23(55)45-33-27(38)20(29(40)35(31(33)42)47(25(57)15-60-17(2)52)8-19-12-62-37(3,4)63-19)5-6-26(58)61-13-21-28(39)34(44-22(54)10-49)32(43)36(30(21)41)46(24(56)11-50)7-18(53)9-48/h18-19,48-50,53H,5-15H2,1-4H3,(H,44,54)(H,45,55). The van der Waals surface area contributed by atoms with Gasteiger partial charge in [-0.25, -0.2) is 0 Å². The average Bonchev–Trinajstić information content (AvgIpc) is 3.57.